The quantitative estimate of drug-likeness (QED) is 0.882. The molecular weight excluding hydrogens is 264 g/mol. The Morgan fingerprint density at radius 2 is 2.11 bits per heavy atom. The van der Waals surface area contributed by atoms with Crippen molar-refractivity contribution in [1.82, 2.24) is 9.29 Å². The Kier molecular flexibility index (Phi) is 3.41. The maximum Gasteiger partial charge on any atom is 0.244 e. The summed E-state index contributed by atoms with van der Waals surface area (Å²) < 4.78 is 27.0. The third-order valence-corrected chi connectivity index (χ3v) is 6.35. The Labute approximate surface area is 113 Å². The van der Waals surface area contributed by atoms with Gasteiger partial charge in [-0.3, -0.25) is 0 Å². The van der Waals surface area contributed by atoms with Gasteiger partial charge in [0.1, 0.15) is 0 Å². The van der Waals surface area contributed by atoms with Crippen molar-refractivity contribution >= 4 is 10.0 Å². The van der Waals surface area contributed by atoms with Crippen LogP contribution in [0.1, 0.15) is 37.8 Å². The second-order valence-corrected chi connectivity index (χ2v) is 7.43. The summed E-state index contributed by atoms with van der Waals surface area (Å²) in [6.07, 6.45) is 6.97. The van der Waals surface area contributed by atoms with Gasteiger partial charge in [-0.05, 0) is 31.2 Å². The van der Waals surface area contributed by atoms with Crippen LogP contribution in [-0.2, 0) is 16.6 Å². The number of sulfonamides is 1. The normalized spacial score (nSPS) is 28.5. The van der Waals surface area contributed by atoms with Crippen LogP contribution in [0.15, 0.2) is 17.2 Å². The predicted molar refractivity (Wildman–Crippen MR) is 71.0 cm³/mol. The van der Waals surface area contributed by atoms with E-state index in [0.29, 0.717) is 18.2 Å². The number of H-pyrrole nitrogens is 1. The molecule has 19 heavy (non-hydrogen) atoms. The van der Waals surface area contributed by atoms with Crippen molar-refractivity contribution in [2.45, 2.75) is 49.6 Å². The van der Waals surface area contributed by atoms with Crippen molar-refractivity contribution in [3.63, 3.8) is 0 Å². The zero-order valence-corrected chi connectivity index (χ0v) is 11.7. The zero-order chi connectivity index (χ0) is 13.5. The van der Waals surface area contributed by atoms with Crippen molar-refractivity contribution in [1.29, 1.82) is 0 Å². The monoisotopic (exact) mass is 284 g/mol. The topological polar surface area (TPSA) is 73.4 Å². The molecule has 1 saturated heterocycles. The summed E-state index contributed by atoms with van der Waals surface area (Å²) in [6.45, 7) is 0.471. The first kappa shape index (κ1) is 13.1. The highest BCUT2D eigenvalue weighted by molar-refractivity contribution is 7.89. The molecule has 2 N–H and O–H groups in total. The number of hydrogen-bond donors (Lipinski definition) is 2. The molecule has 1 aromatic heterocycles. The fourth-order valence-corrected chi connectivity index (χ4v) is 5.21. The van der Waals surface area contributed by atoms with E-state index in [9.17, 15) is 8.42 Å². The average molecular weight is 284 g/mol. The Bertz CT molecular complexity index is 552. The Morgan fingerprint density at radius 1 is 1.32 bits per heavy atom. The Hall–Kier alpha value is -0.850. The van der Waals surface area contributed by atoms with E-state index in [0.717, 1.165) is 25.7 Å². The van der Waals surface area contributed by atoms with Crippen molar-refractivity contribution in [3.8, 4) is 0 Å². The van der Waals surface area contributed by atoms with Crippen molar-refractivity contribution in [2.75, 3.05) is 6.54 Å². The second kappa shape index (κ2) is 4.92. The van der Waals surface area contributed by atoms with Crippen LogP contribution in [0.3, 0.4) is 0 Å². The van der Waals surface area contributed by atoms with Gasteiger partial charge in [0.2, 0.25) is 10.0 Å². The number of rotatable bonds is 3. The molecule has 6 heteroatoms. The van der Waals surface area contributed by atoms with Gasteiger partial charge in [0.05, 0.1) is 11.5 Å². The summed E-state index contributed by atoms with van der Waals surface area (Å²) in [7, 11) is -3.41. The smallest absolute Gasteiger partial charge is 0.244 e. The van der Waals surface area contributed by atoms with Crippen LogP contribution in [0, 0.1) is 5.92 Å². The second-order valence-electron chi connectivity index (χ2n) is 5.54. The van der Waals surface area contributed by atoms with E-state index in [2.05, 4.69) is 4.98 Å². The highest BCUT2D eigenvalue weighted by Gasteiger charge is 2.42. The van der Waals surface area contributed by atoms with E-state index >= 15 is 0 Å². The molecule has 0 aromatic carbocycles. The maximum atomic E-state index is 12.6. The van der Waals surface area contributed by atoms with Crippen LogP contribution < -0.4 is 0 Å². The van der Waals surface area contributed by atoms with Gasteiger partial charge < -0.3 is 10.1 Å². The number of aliphatic hydroxyl groups excluding tert-OH is 1. The molecule has 2 heterocycles. The number of nitrogens with zero attached hydrogens (tertiary/aromatic N) is 1. The van der Waals surface area contributed by atoms with E-state index in [1.807, 2.05) is 0 Å². The van der Waals surface area contributed by atoms with E-state index in [1.165, 1.54) is 18.7 Å². The first-order chi connectivity index (χ1) is 9.13. The van der Waals surface area contributed by atoms with Crippen LogP contribution in [-0.4, -0.2) is 35.4 Å². The summed E-state index contributed by atoms with van der Waals surface area (Å²) in [5.41, 5.74) is 0.540. The zero-order valence-electron chi connectivity index (χ0n) is 10.9. The molecule has 1 saturated carbocycles. The summed E-state index contributed by atoms with van der Waals surface area (Å²) in [5, 5.41) is 9.03. The van der Waals surface area contributed by atoms with Gasteiger partial charge in [0, 0.05) is 24.5 Å². The van der Waals surface area contributed by atoms with Gasteiger partial charge in [0.15, 0.2) is 0 Å². The predicted octanol–water partition coefficient (Wildman–Crippen LogP) is 1.46. The van der Waals surface area contributed by atoms with E-state index in [1.54, 1.807) is 4.31 Å². The molecule has 2 atom stereocenters. The first-order valence-corrected chi connectivity index (χ1v) is 8.37. The van der Waals surface area contributed by atoms with Crippen LogP contribution in [0.25, 0.3) is 0 Å². The molecule has 1 aromatic rings. The molecule has 1 aliphatic carbocycles. The lowest BCUT2D eigenvalue weighted by molar-refractivity contribution is 0.260. The van der Waals surface area contributed by atoms with E-state index in [-0.39, 0.29) is 17.5 Å². The van der Waals surface area contributed by atoms with Gasteiger partial charge in [-0.15, -0.1) is 0 Å². The van der Waals surface area contributed by atoms with Crippen LogP contribution >= 0.6 is 0 Å². The van der Waals surface area contributed by atoms with Gasteiger partial charge in [0.25, 0.3) is 0 Å². The minimum absolute atomic E-state index is 0.165. The largest absolute Gasteiger partial charge is 0.390 e. The molecule has 5 nitrogen and oxygen atoms in total. The molecule has 0 spiro atoms. The van der Waals surface area contributed by atoms with Crippen molar-refractivity contribution < 1.29 is 13.5 Å². The van der Waals surface area contributed by atoms with Crippen molar-refractivity contribution in [3.05, 3.63) is 18.0 Å². The average Bonchev–Trinajstić information content (AvgIpc) is 3.06. The molecule has 1 aliphatic heterocycles. The Morgan fingerprint density at radius 3 is 2.84 bits per heavy atom. The summed E-state index contributed by atoms with van der Waals surface area (Å²) in [4.78, 5) is 3.08. The molecule has 106 valence electrons. The van der Waals surface area contributed by atoms with E-state index in [4.69, 9.17) is 5.11 Å². The SMILES string of the molecule is O=S(=O)(c1c[nH]c(CO)c1)N1CCC2CCCCC21. The minimum atomic E-state index is -3.41. The van der Waals surface area contributed by atoms with Crippen molar-refractivity contribution in [2.24, 2.45) is 5.92 Å². The number of hydrogen-bond acceptors (Lipinski definition) is 3. The molecule has 0 bridgehead atoms. The molecule has 2 aliphatic rings. The molecule has 3 rings (SSSR count). The molecule has 0 amide bonds. The van der Waals surface area contributed by atoms with Gasteiger partial charge in [-0.25, -0.2) is 8.42 Å². The maximum absolute atomic E-state index is 12.6. The van der Waals surface area contributed by atoms with Gasteiger partial charge >= 0.3 is 0 Å². The highest BCUT2D eigenvalue weighted by atomic mass is 32.2. The third kappa shape index (κ3) is 2.22. The summed E-state index contributed by atoms with van der Waals surface area (Å²) in [6, 6.07) is 1.72. The van der Waals surface area contributed by atoms with Gasteiger partial charge in [-0.2, -0.15) is 4.31 Å². The molecule has 0 radical (unpaired) electrons. The first-order valence-electron chi connectivity index (χ1n) is 6.93. The summed E-state index contributed by atoms with van der Waals surface area (Å²) >= 11 is 0. The standard InChI is InChI=1S/C13H20N2O3S/c16-9-11-7-12(8-14-11)19(17,18)15-6-5-10-3-1-2-4-13(10)15/h7-8,10,13-14,16H,1-6,9H2. The molecular formula is C13H20N2O3S. The molecule has 2 fully saturated rings. The number of aromatic nitrogens is 1. The number of aromatic amines is 1. The summed E-state index contributed by atoms with van der Waals surface area (Å²) in [5.74, 6) is 0.541. The van der Waals surface area contributed by atoms with E-state index < -0.39 is 10.0 Å². The minimum Gasteiger partial charge on any atom is -0.390 e. The van der Waals surface area contributed by atoms with Crippen LogP contribution in [0.2, 0.25) is 0 Å². The lowest BCUT2D eigenvalue weighted by Crippen LogP contribution is -2.39. The number of nitrogens with one attached hydrogen (secondary N) is 1. The fraction of sp³-hybridized carbons (Fsp3) is 0.692. The third-order valence-electron chi connectivity index (χ3n) is 4.45. The number of fused-ring (bicyclic) bond motifs is 1. The lowest BCUT2D eigenvalue weighted by atomic mass is 9.86. The van der Waals surface area contributed by atoms with Gasteiger partial charge in [-0.1, -0.05) is 12.8 Å². The molecule has 2 unspecified atom stereocenters. The Balaban J connectivity index is 1.88. The van der Waals surface area contributed by atoms with Crippen LogP contribution in [0.5, 0.6) is 0 Å². The number of aliphatic hydroxyl groups is 1. The lowest BCUT2D eigenvalue weighted by Gasteiger charge is -2.30. The fourth-order valence-electron chi connectivity index (χ4n) is 3.46. The highest BCUT2D eigenvalue weighted by Crippen LogP contribution is 2.39. The van der Waals surface area contributed by atoms with Crippen LogP contribution in [0.4, 0.5) is 0 Å².